The predicted molar refractivity (Wildman–Crippen MR) is 140 cm³/mol. The van der Waals surface area contributed by atoms with Gasteiger partial charge in [-0.25, -0.2) is 0 Å². The van der Waals surface area contributed by atoms with Gasteiger partial charge in [0.05, 0.1) is 32.1 Å². The van der Waals surface area contributed by atoms with Gasteiger partial charge in [-0.05, 0) is 49.2 Å². The molecule has 0 saturated carbocycles. The third-order valence-corrected chi connectivity index (χ3v) is 6.40. The van der Waals surface area contributed by atoms with Gasteiger partial charge in [-0.2, -0.15) is 5.10 Å². The van der Waals surface area contributed by atoms with Gasteiger partial charge >= 0.3 is 0 Å². The molecule has 1 fully saturated rings. The summed E-state index contributed by atoms with van der Waals surface area (Å²) in [6.45, 7) is 10.3. The van der Waals surface area contributed by atoms with Gasteiger partial charge in [0.2, 0.25) is 0 Å². The van der Waals surface area contributed by atoms with Crippen molar-refractivity contribution in [1.29, 1.82) is 0 Å². The van der Waals surface area contributed by atoms with Crippen molar-refractivity contribution in [3.05, 3.63) is 81.6 Å². The second-order valence-corrected chi connectivity index (χ2v) is 10.1. The van der Waals surface area contributed by atoms with Gasteiger partial charge in [-0.3, -0.25) is 14.4 Å². The number of hydrogen-bond acceptors (Lipinski definition) is 5. The molecule has 186 valence electrons. The van der Waals surface area contributed by atoms with E-state index in [1.165, 1.54) is 0 Å². The van der Waals surface area contributed by atoms with Crippen molar-refractivity contribution in [2.45, 2.75) is 33.5 Å². The minimum Gasteiger partial charge on any atom is -0.493 e. The van der Waals surface area contributed by atoms with E-state index < -0.39 is 0 Å². The maximum absolute atomic E-state index is 13.0. The Morgan fingerprint density at radius 1 is 1.14 bits per heavy atom. The highest BCUT2D eigenvalue weighted by Gasteiger charge is 2.27. The smallest absolute Gasteiger partial charge is 0.252 e. The molecule has 0 bridgehead atoms. The second-order valence-electron chi connectivity index (χ2n) is 9.22. The Kier molecular flexibility index (Phi) is 8.59. The molecule has 1 atom stereocenters. The van der Waals surface area contributed by atoms with Crippen molar-refractivity contribution in [3.8, 4) is 5.75 Å². The summed E-state index contributed by atoms with van der Waals surface area (Å²) in [4.78, 5) is 15.3. The quantitative estimate of drug-likeness (QED) is 0.422. The molecule has 1 aliphatic heterocycles. The molecular weight excluding hydrogens is 508 g/mol. The fraction of sp³-hybridized carbons (Fsp3) is 0.407. The highest BCUT2D eigenvalue weighted by Crippen LogP contribution is 2.26. The van der Waals surface area contributed by atoms with Gasteiger partial charge in [-0.1, -0.05) is 48.0 Å². The van der Waals surface area contributed by atoms with E-state index in [0.29, 0.717) is 37.8 Å². The molecule has 2 heterocycles. The van der Waals surface area contributed by atoms with Crippen LogP contribution in [0.5, 0.6) is 5.75 Å². The van der Waals surface area contributed by atoms with E-state index in [1.54, 1.807) is 0 Å². The Morgan fingerprint density at radius 2 is 1.89 bits per heavy atom. The minimum absolute atomic E-state index is 0.120. The van der Waals surface area contributed by atoms with Gasteiger partial charge in [0.25, 0.3) is 5.91 Å². The van der Waals surface area contributed by atoms with Crippen LogP contribution in [0.3, 0.4) is 0 Å². The lowest BCUT2D eigenvalue weighted by Crippen LogP contribution is -2.46. The van der Waals surface area contributed by atoms with Crippen LogP contribution in [0.1, 0.15) is 47.3 Å². The fourth-order valence-electron chi connectivity index (χ4n) is 4.04. The highest BCUT2D eigenvalue weighted by atomic mass is 79.9. The van der Waals surface area contributed by atoms with Crippen LogP contribution in [0.4, 0.5) is 0 Å². The zero-order valence-corrected chi connectivity index (χ0v) is 22.1. The van der Waals surface area contributed by atoms with Crippen LogP contribution in [0.25, 0.3) is 0 Å². The Labute approximate surface area is 215 Å². The number of aromatic nitrogens is 2. The predicted octanol–water partition coefficient (Wildman–Crippen LogP) is 4.80. The van der Waals surface area contributed by atoms with E-state index in [4.69, 9.17) is 14.6 Å². The molecule has 1 N–H and O–H groups in total. The first kappa shape index (κ1) is 25.4. The summed E-state index contributed by atoms with van der Waals surface area (Å²) in [7, 11) is 0. The van der Waals surface area contributed by atoms with E-state index in [0.717, 1.165) is 40.3 Å². The van der Waals surface area contributed by atoms with Crippen molar-refractivity contribution in [3.63, 3.8) is 0 Å². The van der Waals surface area contributed by atoms with Crippen molar-refractivity contribution in [1.82, 2.24) is 20.0 Å². The van der Waals surface area contributed by atoms with Crippen molar-refractivity contribution in [2.24, 2.45) is 5.92 Å². The number of halogens is 1. The highest BCUT2D eigenvalue weighted by molar-refractivity contribution is 9.10. The molecular formula is C27H33BrN4O3. The zero-order valence-electron chi connectivity index (χ0n) is 20.5. The number of aryl methyl sites for hydroxylation is 1. The molecule has 35 heavy (non-hydrogen) atoms. The number of nitrogens with zero attached hydrogens (tertiary/aromatic N) is 3. The Bertz CT molecular complexity index is 1130. The van der Waals surface area contributed by atoms with Crippen molar-refractivity contribution in [2.75, 3.05) is 32.9 Å². The largest absolute Gasteiger partial charge is 0.493 e. The molecule has 1 aliphatic rings. The molecule has 7 nitrogen and oxygen atoms in total. The molecule has 1 aromatic heterocycles. The van der Waals surface area contributed by atoms with Crippen LogP contribution in [-0.2, 0) is 11.3 Å². The van der Waals surface area contributed by atoms with Crippen LogP contribution in [0, 0.1) is 12.8 Å². The van der Waals surface area contributed by atoms with Crippen LogP contribution in [0.15, 0.2) is 59.1 Å². The fourth-order valence-corrected chi connectivity index (χ4v) is 4.45. The number of amides is 1. The minimum atomic E-state index is -0.342. The third-order valence-electron chi connectivity index (χ3n) is 5.91. The van der Waals surface area contributed by atoms with Crippen LogP contribution in [0.2, 0.25) is 0 Å². The molecule has 0 aliphatic carbocycles. The number of rotatable bonds is 9. The Balaban J connectivity index is 1.59. The number of carbonyl (C=O) groups excluding carboxylic acids is 1. The summed E-state index contributed by atoms with van der Waals surface area (Å²) in [5.41, 5.74) is 3.51. The molecule has 0 radical (unpaired) electrons. The Hall–Kier alpha value is -2.68. The van der Waals surface area contributed by atoms with E-state index in [9.17, 15) is 4.79 Å². The van der Waals surface area contributed by atoms with E-state index in [-0.39, 0.29) is 12.1 Å². The molecule has 1 unspecified atom stereocenters. The van der Waals surface area contributed by atoms with E-state index >= 15 is 0 Å². The third kappa shape index (κ3) is 6.72. The average Bonchev–Trinajstić information content (AvgIpc) is 3.22. The van der Waals surface area contributed by atoms with E-state index in [2.05, 4.69) is 52.1 Å². The average molecular weight is 541 g/mol. The number of benzene rings is 2. The van der Waals surface area contributed by atoms with Crippen molar-refractivity contribution < 1.29 is 14.3 Å². The maximum atomic E-state index is 13.0. The van der Waals surface area contributed by atoms with Gasteiger partial charge in [0, 0.05) is 34.4 Å². The summed E-state index contributed by atoms with van der Waals surface area (Å²) in [5.74, 6) is 1.18. The standard InChI is InChI=1S/C27H33BrN4O3/c1-19(2)18-35-25-10-9-23(28)16-22(25)17-32-20(3)15-24(30-32)26(31-11-13-34-14-12-31)29-27(33)21-7-5-4-6-8-21/h4-10,15-16,19,26H,11-14,17-18H2,1-3H3,(H,29,33). The first-order valence-corrected chi connectivity index (χ1v) is 12.8. The number of nitrogens with one attached hydrogen (secondary N) is 1. The van der Waals surface area contributed by atoms with Gasteiger partial charge in [0.15, 0.2) is 0 Å². The summed E-state index contributed by atoms with van der Waals surface area (Å²) in [5, 5.41) is 8.14. The molecule has 0 spiro atoms. The lowest BCUT2D eigenvalue weighted by Gasteiger charge is -2.33. The van der Waals surface area contributed by atoms with E-state index in [1.807, 2.05) is 54.1 Å². The summed E-state index contributed by atoms with van der Waals surface area (Å²) >= 11 is 3.59. The number of carbonyl (C=O) groups is 1. The molecule has 2 aromatic carbocycles. The van der Waals surface area contributed by atoms with Crippen molar-refractivity contribution >= 4 is 21.8 Å². The maximum Gasteiger partial charge on any atom is 0.252 e. The first-order chi connectivity index (χ1) is 16.9. The van der Waals surface area contributed by atoms with Crippen LogP contribution < -0.4 is 10.1 Å². The summed E-state index contributed by atoms with van der Waals surface area (Å²) in [6, 6.07) is 17.4. The lowest BCUT2D eigenvalue weighted by atomic mass is 10.2. The van der Waals surface area contributed by atoms with Crippen LogP contribution >= 0.6 is 15.9 Å². The summed E-state index contributed by atoms with van der Waals surface area (Å²) < 4.78 is 14.6. The zero-order chi connectivity index (χ0) is 24.8. The molecule has 3 aromatic rings. The number of ether oxygens (including phenoxy) is 2. The molecule has 4 rings (SSSR count). The molecule has 1 amide bonds. The van der Waals surface area contributed by atoms with Gasteiger partial charge in [-0.15, -0.1) is 0 Å². The van der Waals surface area contributed by atoms with Gasteiger partial charge in [0.1, 0.15) is 11.9 Å². The second kappa shape index (κ2) is 11.8. The Morgan fingerprint density at radius 3 is 2.60 bits per heavy atom. The first-order valence-electron chi connectivity index (χ1n) is 12.0. The number of morpholine rings is 1. The molecule has 8 heteroatoms. The monoisotopic (exact) mass is 540 g/mol. The molecule has 1 saturated heterocycles. The topological polar surface area (TPSA) is 68.6 Å². The number of hydrogen-bond donors (Lipinski definition) is 1. The SMILES string of the molecule is Cc1cc(C(NC(=O)c2ccccc2)N2CCOCC2)nn1Cc1cc(Br)ccc1OCC(C)C. The van der Waals surface area contributed by atoms with Crippen LogP contribution in [-0.4, -0.2) is 53.5 Å². The van der Waals surface area contributed by atoms with Gasteiger partial charge < -0.3 is 14.8 Å². The summed E-state index contributed by atoms with van der Waals surface area (Å²) in [6.07, 6.45) is -0.342. The lowest BCUT2D eigenvalue weighted by molar-refractivity contribution is 0.00739. The normalized spacial score (nSPS) is 15.2.